The van der Waals surface area contributed by atoms with Crippen LogP contribution in [0.3, 0.4) is 0 Å². The number of hydrogen-bond acceptors (Lipinski definition) is 2. The standard InChI is InChI=1S/C19H15N3O/c1-13-6-4-11-18-20-17(12-22(13)18)19(23)21-16-10-5-8-14-7-2-3-9-15(14)16/h2-12H,1H3,(H,21,23). The molecular formula is C19H15N3O. The van der Waals surface area contributed by atoms with Crippen LogP contribution in [0.2, 0.25) is 0 Å². The van der Waals surface area contributed by atoms with Gasteiger partial charge < -0.3 is 9.72 Å². The Morgan fingerprint density at radius 1 is 1.00 bits per heavy atom. The Hall–Kier alpha value is -3.14. The zero-order chi connectivity index (χ0) is 15.8. The van der Waals surface area contributed by atoms with Gasteiger partial charge in [0.1, 0.15) is 11.3 Å². The summed E-state index contributed by atoms with van der Waals surface area (Å²) in [5, 5.41) is 5.08. The van der Waals surface area contributed by atoms with E-state index in [9.17, 15) is 4.79 Å². The fourth-order valence-corrected chi connectivity index (χ4v) is 2.78. The van der Waals surface area contributed by atoms with Crippen molar-refractivity contribution in [2.75, 3.05) is 5.32 Å². The fourth-order valence-electron chi connectivity index (χ4n) is 2.78. The molecule has 112 valence electrons. The molecule has 0 unspecified atom stereocenters. The molecular weight excluding hydrogens is 286 g/mol. The second kappa shape index (κ2) is 5.25. The third-order valence-corrected chi connectivity index (χ3v) is 3.97. The van der Waals surface area contributed by atoms with E-state index < -0.39 is 0 Å². The van der Waals surface area contributed by atoms with Crippen molar-refractivity contribution < 1.29 is 4.79 Å². The van der Waals surface area contributed by atoms with Gasteiger partial charge in [0, 0.05) is 23.0 Å². The fraction of sp³-hybridized carbons (Fsp3) is 0.0526. The Balaban J connectivity index is 1.72. The van der Waals surface area contributed by atoms with Crippen molar-refractivity contribution in [3.05, 3.63) is 78.2 Å². The summed E-state index contributed by atoms with van der Waals surface area (Å²) < 4.78 is 1.91. The van der Waals surface area contributed by atoms with Crippen molar-refractivity contribution in [3.63, 3.8) is 0 Å². The second-order valence-electron chi connectivity index (χ2n) is 5.50. The van der Waals surface area contributed by atoms with Crippen LogP contribution in [0.1, 0.15) is 16.2 Å². The van der Waals surface area contributed by atoms with E-state index in [2.05, 4.69) is 10.3 Å². The smallest absolute Gasteiger partial charge is 0.275 e. The van der Waals surface area contributed by atoms with Gasteiger partial charge in [-0.25, -0.2) is 4.98 Å². The highest BCUT2D eigenvalue weighted by atomic mass is 16.1. The van der Waals surface area contributed by atoms with Crippen molar-refractivity contribution in [2.24, 2.45) is 0 Å². The van der Waals surface area contributed by atoms with Crippen molar-refractivity contribution in [3.8, 4) is 0 Å². The highest BCUT2D eigenvalue weighted by molar-refractivity contribution is 6.08. The van der Waals surface area contributed by atoms with Crippen LogP contribution < -0.4 is 5.32 Å². The summed E-state index contributed by atoms with van der Waals surface area (Å²) in [4.78, 5) is 17.0. The van der Waals surface area contributed by atoms with E-state index in [-0.39, 0.29) is 5.91 Å². The maximum atomic E-state index is 12.6. The lowest BCUT2D eigenvalue weighted by molar-refractivity contribution is 0.102. The van der Waals surface area contributed by atoms with Crippen molar-refractivity contribution >= 4 is 28.0 Å². The van der Waals surface area contributed by atoms with Gasteiger partial charge >= 0.3 is 0 Å². The molecule has 23 heavy (non-hydrogen) atoms. The number of anilines is 1. The zero-order valence-electron chi connectivity index (χ0n) is 12.7. The van der Waals surface area contributed by atoms with E-state index in [0.717, 1.165) is 27.8 Å². The number of carbonyl (C=O) groups is 1. The van der Waals surface area contributed by atoms with Crippen molar-refractivity contribution in [1.82, 2.24) is 9.38 Å². The Morgan fingerprint density at radius 3 is 2.65 bits per heavy atom. The first-order chi connectivity index (χ1) is 11.2. The molecule has 0 fully saturated rings. The number of hydrogen-bond donors (Lipinski definition) is 1. The highest BCUT2D eigenvalue weighted by Gasteiger charge is 2.12. The van der Waals surface area contributed by atoms with Crippen LogP contribution in [0.15, 0.2) is 66.9 Å². The monoisotopic (exact) mass is 301 g/mol. The van der Waals surface area contributed by atoms with Gasteiger partial charge in [0.05, 0.1) is 0 Å². The number of nitrogens with zero attached hydrogens (tertiary/aromatic N) is 2. The van der Waals surface area contributed by atoms with E-state index in [4.69, 9.17) is 0 Å². The summed E-state index contributed by atoms with van der Waals surface area (Å²) in [6, 6.07) is 19.7. The first-order valence-electron chi connectivity index (χ1n) is 7.46. The molecule has 1 amide bonds. The lowest BCUT2D eigenvalue weighted by Crippen LogP contribution is -2.12. The molecule has 0 spiro atoms. The van der Waals surface area contributed by atoms with Gasteiger partial charge in [-0.2, -0.15) is 0 Å². The van der Waals surface area contributed by atoms with Crippen molar-refractivity contribution in [2.45, 2.75) is 6.92 Å². The molecule has 0 bridgehead atoms. The molecule has 0 aliphatic carbocycles. The lowest BCUT2D eigenvalue weighted by atomic mass is 10.1. The van der Waals surface area contributed by atoms with E-state index in [1.165, 1.54) is 0 Å². The number of nitrogens with one attached hydrogen (secondary N) is 1. The van der Waals surface area contributed by atoms with E-state index >= 15 is 0 Å². The molecule has 4 nitrogen and oxygen atoms in total. The highest BCUT2D eigenvalue weighted by Crippen LogP contribution is 2.23. The van der Waals surface area contributed by atoms with Gasteiger partial charge in [-0.15, -0.1) is 0 Å². The summed E-state index contributed by atoms with van der Waals surface area (Å²) in [6.07, 6.45) is 1.77. The average Bonchev–Trinajstić information content (AvgIpc) is 3.01. The molecule has 0 aliphatic heterocycles. The molecule has 0 saturated heterocycles. The van der Waals surface area contributed by atoms with E-state index in [1.54, 1.807) is 6.20 Å². The number of pyridine rings is 1. The van der Waals surface area contributed by atoms with Crippen LogP contribution in [0.4, 0.5) is 5.69 Å². The number of aromatic nitrogens is 2. The Morgan fingerprint density at radius 2 is 1.78 bits per heavy atom. The first kappa shape index (κ1) is 13.5. The van der Waals surface area contributed by atoms with Gasteiger partial charge in [-0.3, -0.25) is 4.79 Å². The van der Waals surface area contributed by atoms with Crippen LogP contribution in [-0.4, -0.2) is 15.3 Å². The van der Waals surface area contributed by atoms with Gasteiger partial charge in [-0.1, -0.05) is 42.5 Å². The minimum absolute atomic E-state index is 0.204. The Bertz CT molecular complexity index is 1030. The summed E-state index contributed by atoms with van der Waals surface area (Å²) in [5.41, 5.74) is 3.02. The largest absolute Gasteiger partial charge is 0.320 e. The van der Waals surface area contributed by atoms with Crippen LogP contribution in [0.25, 0.3) is 16.4 Å². The van der Waals surface area contributed by atoms with Crippen LogP contribution in [-0.2, 0) is 0 Å². The maximum Gasteiger partial charge on any atom is 0.275 e. The number of rotatable bonds is 2. The zero-order valence-corrected chi connectivity index (χ0v) is 12.7. The van der Waals surface area contributed by atoms with Gasteiger partial charge in [-0.05, 0) is 30.5 Å². The number of amides is 1. The molecule has 0 saturated carbocycles. The summed E-state index contributed by atoms with van der Waals surface area (Å²) >= 11 is 0. The molecule has 4 aromatic rings. The predicted octanol–water partition coefficient (Wildman–Crippen LogP) is 4.05. The van der Waals surface area contributed by atoms with Crippen LogP contribution >= 0.6 is 0 Å². The number of benzene rings is 2. The SMILES string of the molecule is Cc1cccc2nc(C(=O)Nc3cccc4ccccc34)cn12. The van der Waals surface area contributed by atoms with Crippen molar-refractivity contribution in [1.29, 1.82) is 0 Å². The third-order valence-electron chi connectivity index (χ3n) is 3.97. The maximum absolute atomic E-state index is 12.6. The predicted molar refractivity (Wildman–Crippen MR) is 91.8 cm³/mol. The Labute approximate surface area is 133 Å². The molecule has 2 heterocycles. The normalized spacial score (nSPS) is 11.0. The van der Waals surface area contributed by atoms with E-state index in [1.807, 2.05) is 72.0 Å². The number of carbonyl (C=O) groups excluding carboxylic acids is 1. The molecule has 0 atom stereocenters. The van der Waals surface area contributed by atoms with Gasteiger partial charge in [0.25, 0.3) is 5.91 Å². The second-order valence-corrected chi connectivity index (χ2v) is 5.50. The van der Waals surface area contributed by atoms with Gasteiger partial charge in [0.2, 0.25) is 0 Å². The minimum Gasteiger partial charge on any atom is -0.320 e. The first-order valence-corrected chi connectivity index (χ1v) is 7.46. The molecule has 1 N–H and O–H groups in total. The molecule has 0 radical (unpaired) electrons. The number of imidazole rings is 1. The molecule has 4 heteroatoms. The molecule has 4 rings (SSSR count). The number of aryl methyl sites for hydroxylation is 1. The summed E-state index contributed by atoms with van der Waals surface area (Å²) in [5.74, 6) is -0.204. The van der Waals surface area contributed by atoms with Crippen LogP contribution in [0, 0.1) is 6.92 Å². The van der Waals surface area contributed by atoms with Gasteiger partial charge in [0.15, 0.2) is 0 Å². The summed E-state index contributed by atoms with van der Waals surface area (Å²) in [7, 11) is 0. The molecule has 0 aliphatic rings. The number of fused-ring (bicyclic) bond motifs is 2. The summed E-state index contributed by atoms with van der Waals surface area (Å²) in [6.45, 7) is 1.99. The molecule has 2 aromatic carbocycles. The van der Waals surface area contributed by atoms with E-state index in [0.29, 0.717) is 5.69 Å². The minimum atomic E-state index is -0.204. The topological polar surface area (TPSA) is 46.4 Å². The average molecular weight is 301 g/mol. The van der Waals surface area contributed by atoms with Crippen LogP contribution in [0.5, 0.6) is 0 Å². The quantitative estimate of drug-likeness (QED) is 0.607. The third kappa shape index (κ3) is 2.34. The molecule has 2 aromatic heterocycles. The Kier molecular flexibility index (Phi) is 3.08. The lowest BCUT2D eigenvalue weighted by Gasteiger charge is -2.07.